The highest BCUT2D eigenvalue weighted by molar-refractivity contribution is 5.58. The van der Waals surface area contributed by atoms with Crippen LogP contribution in [0.2, 0.25) is 0 Å². The van der Waals surface area contributed by atoms with E-state index in [-0.39, 0.29) is 0 Å². The lowest BCUT2D eigenvalue weighted by Gasteiger charge is -2.36. The Morgan fingerprint density at radius 1 is 1.33 bits per heavy atom. The van der Waals surface area contributed by atoms with Gasteiger partial charge in [0.15, 0.2) is 0 Å². The van der Waals surface area contributed by atoms with Gasteiger partial charge < -0.3 is 20.1 Å². The van der Waals surface area contributed by atoms with Gasteiger partial charge >= 0.3 is 0 Å². The van der Waals surface area contributed by atoms with Crippen LogP contribution in [-0.2, 0) is 11.2 Å². The maximum absolute atomic E-state index is 10.7. The summed E-state index contributed by atoms with van der Waals surface area (Å²) in [7, 11) is 1.98. The molecule has 0 bridgehead atoms. The van der Waals surface area contributed by atoms with Crippen LogP contribution in [0, 0.1) is 0 Å². The summed E-state index contributed by atoms with van der Waals surface area (Å²) in [5.41, 5.74) is 0.402. The lowest BCUT2D eigenvalue weighted by atomic mass is 9.94. The van der Waals surface area contributed by atoms with Gasteiger partial charge in [-0.2, -0.15) is 0 Å². The number of hydrogen-bond donors (Lipinski definition) is 2. The average Bonchev–Trinajstić information content (AvgIpc) is 2.47. The van der Waals surface area contributed by atoms with Gasteiger partial charge in [0.05, 0.1) is 5.60 Å². The van der Waals surface area contributed by atoms with Gasteiger partial charge in [-0.3, -0.25) is 0 Å². The Morgan fingerprint density at radius 3 is 2.67 bits per heavy atom. The molecule has 0 atom stereocenters. The molecule has 0 radical (unpaired) electrons. The van der Waals surface area contributed by atoms with Crippen molar-refractivity contribution in [1.82, 2.24) is 9.97 Å². The largest absolute Gasteiger partial charge is 0.388 e. The monoisotopic (exact) mass is 294 g/mol. The van der Waals surface area contributed by atoms with Gasteiger partial charge in [-0.25, -0.2) is 9.97 Å². The zero-order valence-corrected chi connectivity index (χ0v) is 13.2. The number of nitrogens with zero attached hydrogens (tertiary/aromatic N) is 3. The molecule has 1 fully saturated rings. The fourth-order valence-corrected chi connectivity index (χ4v) is 2.80. The second-order valence-electron chi connectivity index (χ2n) is 5.60. The first-order valence-electron chi connectivity index (χ1n) is 7.68. The molecule has 2 rings (SSSR count). The van der Waals surface area contributed by atoms with E-state index < -0.39 is 5.60 Å². The Balaban J connectivity index is 2.18. The molecule has 0 amide bonds. The Bertz CT molecular complexity index is 461. The third-order valence-electron chi connectivity index (χ3n) is 3.94. The molecule has 1 aliphatic rings. The maximum atomic E-state index is 10.7. The maximum Gasteiger partial charge on any atom is 0.137 e. The molecular weight excluding hydrogens is 268 g/mol. The lowest BCUT2D eigenvalue weighted by Crippen LogP contribution is -2.46. The SMILES string of the molecule is CCNc1ncnc(N(C)CC2(O)CCOCC2)c1CC. The van der Waals surface area contributed by atoms with E-state index in [2.05, 4.69) is 29.1 Å². The zero-order chi connectivity index (χ0) is 15.3. The number of likely N-dealkylation sites (N-methyl/N-ethyl adjacent to an activating group) is 1. The van der Waals surface area contributed by atoms with Crippen LogP contribution in [0.4, 0.5) is 11.6 Å². The highest BCUT2D eigenvalue weighted by Crippen LogP contribution is 2.27. The average molecular weight is 294 g/mol. The third kappa shape index (κ3) is 3.83. The van der Waals surface area contributed by atoms with Crippen molar-refractivity contribution >= 4 is 11.6 Å². The molecule has 0 unspecified atom stereocenters. The number of ether oxygens (including phenoxy) is 1. The van der Waals surface area contributed by atoms with E-state index in [0.29, 0.717) is 32.6 Å². The summed E-state index contributed by atoms with van der Waals surface area (Å²) in [6.45, 7) is 6.78. The van der Waals surface area contributed by atoms with E-state index in [1.54, 1.807) is 6.33 Å². The fraction of sp³-hybridized carbons (Fsp3) is 0.733. The summed E-state index contributed by atoms with van der Waals surface area (Å²) in [5, 5.41) is 13.9. The predicted molar refractivity (Wildman–Crippen MR) is 83.8 cm³/mol. The smallest absolute Gasteiger partial charge is 0.137 e. The van der Waals surface area contributed by atoms with Gasteiger partial charge in [0.25, 0.3) is 0 Å². The first-order chi connectivity index (χ1) is 10.1. The predicted octanol–water partition coefficient (Wildman–Crippen LogP) is 1.45. The molecule has 0 saturated carbocycles. The number of aliphatic hydroxyl groups is 1. The molecular formula is C15H26N4O2. The molecule has 1 aliphatic heterocycles. The summed E-state index contributed by atoms with van der Waals surface area (Å²) < 4.78 is 5.33. The summed E-state index contributed by atoms with van der Waals surface area (Å²) >= 11 is 0. The van der Waals surface area contributed by atoms with Crippen molar-refractivity contribution in [2.24, 2.45) is 0 Å². The molecule has 118 valence electrons. The Kier molecular flexibility index (Phi) is 5.36. The topological polar surface area (TPSA) is 70.5 Å². The van der Waals surface area contributed by atoms with Gasteiger partial charge in [-0.1, -0.05) is 6.92 Å². The molecule has 21 heavy (non-hydrogen) atoms. The van der Waals surface area contributed by atoms with Crippen LogP contribution in [0.15, 0.2) is 6.33 Å². The first-order valence-corrected chi connectivity index (χ1v) is 7.68. The van der Waals surface area contributed by atoms with Crippen molar-refractivity contribution < 1.29 is 9.84 Å². The molecule has 1 aromatic rings. The third-order valence-corrected chi connectivity index (χ3v) is 3.94. The molecule has 0 spiro atoms. The highest BCUT2D eigenvalue weighted by Gasteiger charge is 2.32. The van der Waals surface area contributed by atoms with Crippen molar-refractivity contribution in [1.29, 1.82) is 0 Å². The standard InChI is InChI=1S/C15H26N4O2/c1-4-12-13(16-5-2)17-11-18-14(12)19(3)10-15(20)6-8-21-9-7-15/h11,20H,4-10H2,1-3H3,(H,16,17,18). The Hall–Kier alpha value is -1.40. The summed E-state index contributed by atoms with van der Waals surface area (Å²) in [6.07, 6.45) is 3.77. The summed E-state index contributed by atoms with van der Waals surface area (Å²) in [4.78, 5) is 10.8. The Morgan fingerprint density at radius 2 is 2.05 bits per heavy atom. The minimum atomic E-state index is -0.693. The van der Waals surface area contributed by atoms with Crippen LogP contribution in [0.3, 0.4) is 0 Å². The van der Waals surface area contributed by atoms with Crippen LogP contribution < -0.4 is 10.2 Å². The number of nitrogens with one attached hydrogen (secondary N) is 1. The lowest BCUT2D eigenvalue weighted by molar-refractivity contribution is -0.0573. The van der Waals surface area contributed by atoms with Gasteiger partial charge in [-0.05, 0) is 13.3 Å². The number of rotatable bonds is 6. The van der Waals surface area contributed by atoms with Crippen LogP contribution >= 0.6 is 0 Å². The van der Waals surface area contributed by atoms with Crippen molar-refractivity contribution in [3.8, 4) is 0 Å². The molecule has 1 aromatic heterocycles. The van der Waals surface area contributed by atoms with Crippen LogP contribution in [0.1, 0.15) is 32.3 Å². The molecule has 0 aromatic carbocycles. The zero-order valence-electron chi connectivity index (χ0n) is 13.2. The van der Waals surface area contributed by atoms with Crippen LogP contribution in [-0.4, -0.2) is 54.0 Å². The normalized spacial score (nSPS) is 17.5. The van der Waals surface area contributed by atoms with E-state index in [4.69, 9.17) is 4.74 Å². The number of anilines is 2. The van der Waals surface area contributed by atoms with Gasteiger partial charge in [-0.15, -0.1) is 0 Å². The van der Waals surface area contributed by atoms with Crippen molar-refractivity contribution in [2.75, 3.05) is 43.6 Å². The minimum absolute atomic E-state index is 0.561. The van der Waals surface area contributed by atoms with Gasteiger partial charge in [0.1, 0.15) is 18.0 Å². The quantitative estimate of drug-likeness (QED) is 0.827. The van der Waals surface area contributed by atoms with Crippen LogP contribution in [0.25, 0.3) is 0 Å². The molecule has 6 nitrogen and oxygen atoms in total. The first kappa shape index (κ1) is 16.0. The van der Waals surface area contributed by atoms with E-state index in [1.807, 2.05) is 11.9 Å². The highest BCUT2D eigenvalue weighted by atomic mass is 16.5. The summed E-state index contributed by atoms with van der Waals surface area (Å²) in [6, 6.07) is 0. The molecule has 1 saturated heterocycles. The van der Waals surface area contributed by atoms with Crippen molar-refractivity contribution in [3.05, 3.63) is 11.9 Å². The second kappa shape index (κ2) is 7.04. The Labute approximate surface area is 126 Å². The van der Waals surface area contributed by atoms with E-state index in [1.165, 1.54) is 0 Å². The van der Waals surface area contributed by atoms with Gasteiger partial charge in [0.2, 0.25) is 0 Å². The van der Waals surface area contributed by atoms with Crippen molar-refractivity contribution in [2.45, 2.75) is 38.7 Å². The molecule has 2 N–H and O–H groups in total. The fourth-order valence-electron chi connectivity index (χ4n) is 2.80. The number of hydrogen-bond acceptors (Lipinski definition) is 6. The van der Waals surface area contributed by atoms with Gasteiger partial charge in [0, 0.05) is 51.8 Å². The molecule has 2 heterocycles. The van der Waals surface area contributed by atoms with E-state index in [0.717, 1.165) is 30.2 Å². The minimum Gasteiger partial charge on any atom is -0.388 e. The summed E-state index contributed by atoms with van der Waals surface area (Å²) in [5.74, 6) is 1.78. The second-order valence-corrected chi connectivity index (χ2v) is 5.60. The molecule has 0 aliphatic carbocycles. The number of aromatic nitrogens is 2. The van der Waals surface area contributed by atoms with E-state index >= 15 is 0 Å². The molecule has 6 heteroatoms. The van der Waals surface area contributed by atoms with Crippen LogP contribution in [0.5, 0.6) is 0 Å². The van der Waals surface area contributed by atoms with Crippen molar-refractivity contribution in [3.63, 3.8) is 0 Å². The van der Waals surface area contributed by atoms with E-state index in [9.17, 15) is 5.11 Å².